The van der Waals surface area contributed by atoms with Gasteiger partial charge in [-0.25, -0.2) is 4.39 Å². The van der Waals surface area contributed by atoms with Crippen molar-refractivity contribution in [2.75, 3.05) is 11.1 Å². The van der Waals surface area contributed by atoms with Crippen LogP contribution in [-0.4, -0.2) is 17.0 Å². The highest BCUT2D eigenvalue weighted by Gasteiger charge is 2.27. The van der Waals surface area contributed by atoms with Gasteiger partial charge in [-0.05, 0) is 24.0 Å². The molecule has 0 aliphatic carbocycles. The Bertz CT molecular complexity index is 476. The van der Waals surface area contributed by atoms with Gasteiger partial charge in [-0.2, -0.15) is 0 Å². The Morgan fingerprint density at radius 3 is 2.79 bits per heavy atom. The molecule has 0 fully saturated rings. The van der Waals surface area contributed by atoms with E-state index in [2.05, 4.69) is 31.1 Å². The third kappa shape index (κ3) is 3.63. The first-order valence-electron chi connectivity index (χ1n) is 6.29. The molecule has 0 bridgehead atoms. The predicted octanol–water partition coefficient (Wildman–Crippen LogP) is 4.80. The van der Waals surface area contributed by atoms with Crippen LogP contribution in [0.4, 0.5) is 10.1 Å². The molecule has 1 unspecified atom stereocenters. The lowest BCUT2D eigenvalue weighted by Crippen LogP contribution is -2.30. The first-order chi connectivity index (χ1) is 8.88. The average Bonchev–Trinajstić information content (AvgIpc) is 2.33. The Labute approximate surface area is 122 Å². The summed E-state index contributed by atoms with van der Waals surface area (Å²) in [5.74, 6) is 0.633. The quantitative estimate of drug-likeness (QED) is 0.805. The van der Waals surface area contributed by atoms with Crippen molar-refractivity contribution in [1.29, 1.82) is 0 Å². The highest BCUT2D eigenvalue weighted by Crippen LogP contribution is 2.32. The standard InChI is InChI=1S/C14H18ClFN2S/c1-14(2,3)11-7-8-19-13(17-11)18-12-9(15)5-4-6-10(12)16/h4-6,11H,7-8H2,1-3H3,(H,17,18). The van der Waals surface area contributed by atoms with Crippen molar-refractivity contribution in [3.63, 3.8) is 0 Å². The van der Waals surface area contributed by atoms with E-state index in [0.29, 0.717) is 10.7 Å². The summed E-state index contributed by atoms with van der Waals surface area (Å²) in [5, 5.41) is 4.15. The monoisotopic (exact) mass is 300 g/mol. The second-order valence-corrected chi connectivity index (χ2v) is 7.17. The number of hydrogen-bond acceptors (Lipinski definition) is 3. The minimum Gasteiger partial charge on any atom is -0.331 e. The lowest BCUT2D eigenvalue weighted by atomic mass is 9.85. The minimum absolute atomic E-state index is 0.118. The molecular formula is C14H18ClFN2S. The number of aliphatic imine (C=N–C) groups is 1. The van der Waals surface area contributed by atoms with E-state index in [4.69, 9.17) is 11.6 Å². The number of anilines is 1. The van der Waals surface area contributed by atoms with Crippen LogP contribution in [0.2, 0.25) is 5.02 Å². The summed E-state index contributed by atoms with van der Waals surface area (Å²) in [7, 11) is 0. The number of hydrogen-bond donors (Lipinski definition) is 1. The fraction of sp³-hybridized carbons (Fsp3) is 0.500. The van der Waals surface area contributed by atoms with Gasteiger partial charge in [0.25, 0.3) is 0 Å². The highest BCUT2D eigenvalue weighted by atomic mass is 35.5. The van der Waals surface area contributed by atoms with Crippen LogP contribution >= 0.6 is 23.4 Å². The van der Waals surface area contributed by atoms with Crippen LogP contribution in [0.15, 0.2) is 23.2 Å². The van der Waals surface area contributed by atoms with Crippen molar-refractivity contribution in [2.45, 2.75) is 33.2 Å². The van der Waals surface area contributed by atoms with Crippen molar-refractivity contribution < 1.29 is 4.39 Å². The van der Waals surface area contributed by atoms with Crippen molar-refractivity contribution in [1.82, 2.24) is 0 Å². The van der Waals surface area contributed by atoms with Gasteiger partial charge in [-0.15, -0.1) is 0 Å². The molecule has 19 heavy (non-hydrogen) atoms. The topological polar surface area (TPSA) is 24.4 Å². The molecule has 1 aliphatic rings. The van der Waals surface area contributed by atoms with E-state index in [1.807, 2.05) is 0 Å². The molecule has 0 saturated heterocycles. The fourth-order valence-electron chi connectivity index (χ4n) is 1.93. The number of rotatable bonds is 1. The summed E-state index contributed by atoms with van der Waals surface area (Å²) in [5.41, 5.74) is 0.428. The molecule has 104 valence electrons. The molecule has 1 heterocycles. The second-order valence-electron chi connectivity index (χ2n) is 5.67. The molecule has 0 saturated carbocycles. The van der Waals surface area contributed by atoms with E-state index < -0.39 is 0 Å². The zero-order chi connectivity index (χ0) is 14.0. The summed E-state index contributed by atoms with van der Waals surface area (Å²) in [6, 6.07) is 4.91. The first kappa shape index (κ1) is 14.7. The Morgan fingerprint density at radius 2 is 2.16 bits per heavy atom. The maximum absolute atomic E-state index is 13.7. The van der Waals surface area contributed by atoms with Gasteiger partial charge in [-0.1, -0.05) is 50.2 Å². The van der Waals surface area contributed by atoms with Gasteiger partial charge in [0.2, 0.25) is 0 Å². The maximum Gasteiger partial charge on any atom is 0.161 e. The molecule has 1 aromatic carbocycles. The second kappa shape index (κ2) is 5.71. The van der Waals surface area contributed by atoms with Crippen molar-refractivity contribution in [3.8, 4) is 0 Å². The van der Waals surface area contributed by atoms with Gasteiger partial charge in [0.15, 0.2) is 5.17 Å². The molecule has 2 rings (SSSR count). The van der Waals surface area contributed by atoms with E-state index >= 15 is 0 Å². The van der Waals surface area contributed by atoms with Gasteiger partial charge in [0.1, 0.15) is 5.82 Å². The average molecular weight is 301 g/mol. The van der Waals surface area contributed by atoms with E-state index in [9.17, 15) is 4.39 Å². The Morgan fingerprint density at radius 1 is 1.42 bits per heavy atom. The van der Waals surface area contributed by atoms with Crippen LogP contribution in [0.5, 0.6) is 0 Å². The smallest absolute Gasteiger partial charge is 0.161 e. The number of nitrogens with one attached hydrogen (secondary N) is 1. The molecular weight excluding hydrogens is 283 g/mol. The molecule has 1 N–H and O–H groups in total. The molecule has 5 heteroatoms. The van der Waals surface area contributed by atoms with Crippen LogP contribution in [0.1, 0.15) is 27.2 Å². The van der Waals surface area contributed by atoms with Gasteiger partial charge in [-0.3, -0.25) is 4.99 Å². The maximum atomic E-state index is 13.7. The van der Waals surface area contributed by atoms with Gasteiger partial charge in [0.05, 0.1) is 16.8 Å². The Balaban J connectivity index is 2.21. The molecule has 1 aromatic rings. The summed E-state index contributed by atoms with van der Waals surface area (Å²) >= 11 is 7.62. The molecule has 1 atom stereocenters. The van der Waals surface area contributed by atoms with E-state index in [-0.39, 0.29) is 17.3 Å². The Hall–Kier alpha value is -0.740. The summed E-state index contributed by atoms with van der Waals surface area (Å²) in [6.07, 6.45) is 1.05. The summed E-state index contributed by atoms with van der Waals surface area (Å²) in [4.78, 5) is 4.67. The zero-order valence-corrected chi connectivity index (χ0v) is 12.9. The number of amidine groups is 1. The first-order valence-corrected chi connectivity index (χ1v) is 7.66. The summed E-state index contributed by atoms with van der Waals surface area (Å²) in [6.45, 7) is 6.51. The fourth-order valence-corrected chi connectivity index (χ4v) is 3.05. The SMILES string of the molecule is CC(C)(C)C1CCSC(Nc2c(F)cccc2Cl)=N1. The van der Waals surface area contributed by atoms with Crippen LogP contribution < -0.4 is 5.32 Å². The number of nitrogens with zero attached hydrogens (tertiary/aromatic N) is 1. The van der Waals surface area contributed by atoms with Crippen molar-refractivity contribution in [2.24, 2.45) is 10.4 Å². The van der Waals surface area contributed by atoms with Gasteiger partial charge in [0, 0.05) is 5.75 Å². The molecule has 0 radical (unpaired) electrons. The Kier molecular flexibility index (Phi) is 4.41. The number of benzene rings is 1. The van der Waals surface area contributed by atoms with Crippen LogP contribution in [0, 0.1) is 11.2 Å². The minimum atomic E-state index is -0.353. The lowest BCUT2D eigenvalue weighted by molar-refractivity contribution is 0.316. The molecule has 0 aromatic heterocycles. The van der Waals surface area contributed by atoms with Gasteiger partial charge >= 0.3 is 0 Å². The number of thioether (sulfide) groups is 1. The number of para-hydroxylation sites is 1. The zero-order valence-electron chi connectivity index (χ0n) is 11.3. The van der Waals surface area contributed by atoms with Crippen molar-refractivity contribution >= 4 is 34.2 Å². The predicted molar refractivity (Wildman–Crippen MR) is 82.8 cm³/mol. The van der Waals surface area contributed by atoms with Crippen LogP contribution in [0.3, 0.4) is 0 Å². The largest absolute Gasteiger partial charge is 0.331 e. The third-order valence-electron chi connectivity index (χ3n) is 3.10. The lowest BCUT2D eigenvalue weighted by Gasteiger charge is -2.31. The molecule has 1 aliphatic heterocycles. The van der Waals surface area contributed by atoms with E-state index in [0.717, 1.165) is 17.3 Å². The number of halogens is 2. The molecule has 2 nitrogen and oxygen atoms in total. The van der Waals surface area contributed by atoms with Crippen LogP contribution in [0.25, 0.3) is 0 Å². The van der Waals surface area contributed by atoms with Crippen molar-refractivity contribution in [3.05, 3.63) is 29.0 Å². The highest BCUT2D eigenvalue weighted by molar-refractivity contribution is 8.14. The van der Waals surface area contributed by atoms with E-state index in [1.54, 1.807) is 23.9 Å². The third-order valence-corrected chi connectivity index (χ3v) is 4.33. The van der Waals surface area contributed by atoms with Crippen LogP contribution in [-0.2, 0) is 0 Å². The van der Waals surface area contributed by atoms with E-state index in [1.165, 1.54) is 6.07 Å². The normalized spacial score (nSPS) is 20.1. The molecule has 0 spiro atoms. The summed E-state index contributed by atoms with van der Waals surface area (Å²) < 4.78 is 13.7. The molecule has 0 amide bonds. The van der Waals surface area contributed by atoms with Gasteiger partial charge < -0.3 is 5.32 Å².